The Labute approximate surface area is 157 Å². The van der Waals surface area contributed by atoms with Crippen molar-refractivity contribution in [3.8, 4) is 0 Å². The summed E-state index contributed by atoms with van der Waals surface area (Å²) in [7, 11) is 4.00. The fourth-order valence-corrected chi connectivity index (χ4v) is 3.30. The summed E-state index contributed by atoms with van der Waals surface area (Å²) in [6.07, 6.45) is 3.09. The molecule has 7 nitrogen and oxygen atoms in total. The highest BCUT2D eigenvalue weighted by Crippen LogP contribution is 2.25. The van der Waals surface area contributed by atoms with Gasteiger partial charge in [-0.3, -0.25) is 4.98 Å². The number of pyridine rings is 1. The van der Waals surface area contributed by atoms with E-state index in [0.29, 0.717) is 31.7 Å². The van der Waals surface area contributed by atoms with Gasteiger partial charge in [-0.2, -0.15) is 0 Å². The molecule has 1 aliphatic heterocycles. The van der Waals surface area contributed by atoms with E-state index in [4.69, 9.17) is 0 Å². The van der Waals surface area contributed by atoms with Crippen molar-refractivity contribution in [3.63, 3.8) is 0 Å². The van der Waals surface area contributed by atoms with Gasteiger partial charge in [-0.15, -0.1) is 0 Å². The molecule has 146 valence electrons. The van der Waals surface area contributed by atoms with E-state index in [1.54, 1.807) is 0 Å². The van der Waals surface area contributed by atoms with Gasteiger partial charge in [0.2, 0.25) is 0 Å². The first kappa shape index (κ1) is 19.4. The number of likely N-dealkylation sites (N-methyl/N-ethyl adjacent to an activating group) is 1. The van der Waals surface area contributed by atoms with Crippen molar-refractivity contribution in [2.75, 3.05) is 43.9 Å². The van der Waals surface area contributed by atoms with Crippen LogP contribution in [0.3, 0.4) is 0 Å². The van der Waals surface area contributed by atoms with Crippen LogP contribution in [0.1, 0.15) is 12.1 Å². The second kappa shape index (κ2) is 8.53. The molecule has 1 aliphatic rings. The lowest BCUT2D eigenvalue weighted by atomic mass is 10.2. The number of anilines is 2. The van der Waals surface area contributed by atoms with Crippen molar-refractivity contribution < 1.29 is 13.9 Å². The monoisotopic (exact) mass is 378 g/mol. The van der Waals surface area contributed by atoms with Crippen molar-refractivity contribution in [2.45, 2.75) is 25.0 Å². The van der Waals surface area contributed by atoms with Crippen LogP contribution in [0.2, 0.25) is 0 Å². The van der Waals surface area contributed by atoms with Gasteiger partial charge in [0.25, 0.3) is 0 Å². The quantitative estimate of drug-likeness (QED) is 0.752. The van der Waals surface area contributed by atoms with Gasteiger partial charge in [-0.25, -0.2) is 18.7 Å². The largest absolute Gasteiger partial charge is 0.391 e. The molecule has 3 rings (SSSR count). The van der Waals surface area contributed by atoms with Crippen LogP contribution in [-0.2, 0) is 6.42 Å². The van der Waals surface area contributed by atoms with E-state index < -0.39 is 11.6 Å². The van der Waals surface area contributed by atoms with E-state index in [2.05, 4.69) is 30.1 Å². The van der Waals surface area contributed by atoms with E-state index in [9.17, 15) is 13.9 Å². The molecule has 0 unspecified atom stereocenters. The van der Waals surface area contributed by atoms with Gasteiger partial charge in [0.1, 0.15) is 29.6 Å². The molecule has 0 aliphatic carbocycles. The van der Waals surface area contributed by atoms with E-state index in [-0.39, 0.29) is 17.8 Å². The third-order valence-electron chi connectivity index (χ3n) is 4.47. The predicted molar refractivity (Wildman–Crippen MR) is 98.7 cm³/mol. The van der Waals surface area contributed by atoms with Crippen molar-refractivity contribution in [1.82, 2.24) is 19.9 Å². The summed E-state index contributed by atoms with van der Waals surface area (Å²) in [4.78, 5) is 16.5. The van der Waals surface area contributed by atoms with Crippen LogP contribution in [0.5, 0.6) is 0 Å². The molecule has 1 fully saturated rings. The SMILES string of the molecule is CN(C)C[C@H]1C[C@@H](O)CN1c1cc(NCCc2ncc(F)cc2F)ncn1. The van der Waals surface area contributed by atoms with Crippen LogP contribution < -0.4 is 10.2 Å². The van der Waals surface area contributed by atoms with Crippen LogP contribution in [0.25, 0.3) is 0 Å². The Morgan fingerprint density at radius 2 is 2.07 bits per heavy atom. The molecule has 0 amide bonds. The number of aromatic nitrogens is 3. The second-order valence-electron chi connectivity index (χ2n) is 6.98. The minimum atomic E-state index is -0.690. The molecular weight excluding hydrogens is 354 g/mol. The maximum Gasteiger partial charge on any atom is 0.147 e. The van der Waals surface area contributed by atoms with Gasteiger partial charge >= 0.3 is 0 Å². The van der Waals surface area contributed by atoms with Crippen LogP contribution in [-0.4, -0.2) is 70.8 Å². The zero-order valence-electron chi connectivity index (χ0n) is 15.4. The molecular formula is C18H24F2N6O. The highest BCUT2D eigenvalue weighted by Gasteiger charge is 2.32. The van der Waals surface area contributed by atoms with Crippen molar-refractivity contribution in [3.05, 3.63) is 42.0 Å². The lowest BCUT2D eigenvalue weighted by molar-refractivity contribution is 0.191. The molecule has 0 aromatic carbocycles. The lowest BCUT2D eigenvalue weighted by Gasteiger charge is -2.27. The predicted octanol–water partition coefficient (Wildman–Crippen LogP) is 1.31. The van der Waals surface area contributed by atoms with Gasteiger partial charge < -0.3 is 20.2 Å². The summed E-state index contributed by atoms with van der Waals surface area (Å²) in [6.45, 7) is 1.74. The lowest BCUT2D eigenvalue weighted by Crippen LogP contribution is -2.38. The third kappa shape index (κ3) is 5.08. The van der Waals surface area contributed by atoms with E-state index in [0.717, 1.165) is 24.6 Å². The number of hydrogen-bond donors (Lipinski definition) is 2. The van der Waals surface area contributed by atoms with Gasteiger partial charge in [-0.05, 0) is 20.5 Å². The maximum absolute atomic E-state index is 13.6. The van der Waals surface area contributed by atoms with E-state index in [1.165, 1.54) is 6.33 Å². The summed E-state index contributed by atoms with van der Waals surface area (Å²) in [5.41, 5.74) is 0.201. The molecule has 2 atom stereocenters. The number of aliphatic hydroxyl groups excluding tert-OH is 1. The summed E-state index contributed by atoms with van der Waals surface area (Å²) in [5, 5.41) is 13.2. The molecule has 2 aromatic rings. The topological polar surface area (TPSA) is 77.4 Å². The Morgan fingerprint density at radius 1 is 1.26 bits per heavy atom. The molecule has 2 aromatic heterocycles. The smallest absolute Gasteiger partial charge is 0.147 e. The number of halogens is 2. The summed E-state index contributed by atoms with van der Waals surface area (Å²) < 4.78 is 26.5. The Balaban J connectivity index is 1.63. The molecule has 0 bridgehead atoms. The first-order valence-corrected chi connectivity index (χ1v) is 8.87. The number of hydrogen-bond acceptors (Lipinski definition) is 7. The van der Waals surface area contributed by atoms with Gasteiger partial charge in [-0.1, -0.05) is 0 Å². The number of nitrogens with one attached hydrogen (secondary N) is 1. The van der Waals surface area contributed by atoms with Crippen molar-refractivity contribution in [2.24, 2.45) is 0 Å². The molecule has 1 saturated heterocycles. The molecule has 0 spiro atoms. The first-order valence-electron chi connectivity index (χ1n) is 8.87. The second-order valence-corrected chi connectivity index (χ2v) is 6.98. The van der Waals surface area contributed by atoms with Gasteiger partial charge in [0.15, 0.2) is 0 Å². The Hall–Kier alpha value is -2.39. The summed E-state index contributed by atoms with van der Waals surface area (Å²) in [6, 6.07) is 2.82. The molecule has 27 heavy (non-hydrogen) atoms. The average molecular weight is 378 g/mol. The maximum atomic E-state index is 13.6. The minimum absolute atomic E-state index is 0.176. The highest BCUT2D eigenvalue weighted by atomic mass is 19.1. The number of aliphatic hydroxyl groups is 1. The molecule has 2 N–H and O–H groups in total. The molecule has 3 heterocycles. The van der Waals surface area contributed by atoms with E-state index >= 15 is 0 Å². The fraction of sp³-hybridized carbons (Fsp3) is 0.500. The van der Waals surface area contributed by atoms with Crippen LogP contribution >= 0.6 is 0 Å². The summed E-state index contributed by atoms with van der Waals surface area (Å²) >= 11 is 0. The number of rotatable bonds is 7. The first-order chi connectivity index (χ1) is 12.9. The average Bonchev–Trinajstić information content (AvgIpc) is 2.97. The number of β-amino-alcohol motifs (C(OH)–C–C–N with tert-alkyl or cyclic N) is 1. The number of nitrogens with zero attached hydrogens (tertiary/aromatic N) is 5. The van der Waals surface area contributed by atoms with E-state index in [1.807, 2.05) is 20.2 Å². The molecule has 9 heteroatoms. The van der Waals surface area contributed by atoms with Crippen molar-refractivity contribution in [1.29, 1.82) is 0 Å². The van der Waals surface area contributed by atoms with Crippen LogP contribution in [0, 0.1) is 11.6 Å². The van der Waals surface area contributed by atoms with Gasteiger partial charge in [0.05, 0.1) is 18.0 Å². The molecule has 0 radical (unpaired) electrons. The normalized spacial score (nSPS) is 19.7. The zero-order valence-corrected chi connectivity index (χ0v) is 15.4. The van der Waals surface area contributed by atoms with Gasteiger partial charge in [0, 0.05) is 44.2 Å². The van der Waals surface area contributed by atoms with Crippen LogP contribution in [0.15, 0.2) is 24.7 Å². The Kier molecular flexibility index (Phi) is 6.12. The molecule has 0 saturated carbocycles. The standard InChI is InChI=1S/C18H24F2N6O/c1-25(2)9-13-6-14(27)10-26(13)18-7-17(23-11-24-18)21-4-3-16-15(20)5-12(19)8-22-16/h5,7-8,11,13-14,27H,3-4,6,9-10H2,1-2H3,(H,21,23,24)/t13-,14-/m1/s1. The summed E-state index contributed by atoms with van der Waals surface area (Å²) in [5.74, 6) is -0.00279. The minimum Gasteiger partial charge on any atom is -0.391 e. The Morgan fingerprint density at radius 3 is 2.81 bits per heavy atom. The third-order valence-corrected chi connectivity index (χ3v) is 4.47. The van der Waals surface area contributed by atoms with Crippen molar-refractivity contribution >= 4 is 11.6 Å². The fourth-order valence-electron chi connectivity index (χ4n) is 3.30. The Bertz CT molecular complexity index is 775. The van der Waals surface area contributed by atoms with Crippen LogP contribution in [0.4, 0.5) is 20.4 Å². The zero-order chi connectivity index (χ0) is 19.4. The highest BCUT2D eigenvalue weighted by molar-refractivity contribution is 5.50.